The van der Waals surface area contributed by atoms with Crippen molar-refractivity contribution in [1.29, 1.82) is 0 Å². The lowest BCUT2D eigenvalue weighted by Gasteiger charge is -2.15. The van der Waals surface area contributed by atoms with Gasteiger partial charge in [0.1, 0.15) is 0 Å². The van der Waals surface area contributed by atoms with E-state index in [2.05, 4.69) is 22.0 Å². The smallest absolute Gasteiger partial charge is 0.0641 e. The second-order valence-electron chi connectivity index (χ2n) is 3.73. The Balaban J connectivity index is 1.85. The zero-order chi connectivity index (χ0) is 9.10. The molecule has 1 heterocycles. The number of rotatable bonds is 5. The third-order valence-corrected chi connectivity index (χ3v) is 2.59. The van der Waals surface area contributed by atoms with Crippen LogP contribution in [0.25, 0.3) is 0 Å². The Kier molecular flexibility index (Phi) is 2.64. The van der Waals surface area contributed by atoms with Crippen molar-refractivity contribution < 1.29 is 0 Å². The molecule has 0 aliphatic heterocycles. The highest BCUT2D eigenvalue weighted by Crippen LogP contribution is 2.19. The molecule has 2 rings (SSSR count). The van der Waals surface area contributed by atoms with Crippen LogP contribution in [0, 0.1) is 0 Å². The molecule has 1 fully saturated rings. The number of nitrogens with one attached hydrogen (secondary N) is 1. The summed E-state index contributed by atoms with van der Waals surface area (Å²) in [6, 6.07) is 3.31. The van der Waals surface area contributed by atoms with Gasteiger partial charge >= 0.3 is 0 Å². The zero-order valence-electron chi connectivity index (χ0n) is 8.11. The van der Waals surface area contributed by atoms with Crippen LogP contribution in [0.4, 0.5) is 0 Å². The average Bonchev–Trinajstić information content (AvgIpc) is 2.81. The largest absolute Gasteiger partial charge is 0.312 e. The van der Waals surface area contributed by atoms with Crippen LogP contribution in [-0.4, -0.2) is 22.4 Å². The van der Waals surface area contributed by atoms with Crippen LogP contribution in [0.1, 0.15) is 32.2 Å². The molecule has 0 amide bonds. The SMILES string of the molecule is CCC(CNC1CC1)n1cccn1. The molecule has 1 aromatic heterocycles. The molecule has 3 heteroatoms. The van der Waals surface area contributed by atoms with Crippen molar-refractivity contribution in [3.05, 3.63) is 18.5 Å². The van der Waals surface area contributed by atoms with Gasteiger partial charge in [-0.25, -0.2) is 0 Å². The Hall–Kier alpha value is -0.830. The summed E-state index contributed by atoms with van der Waals surface area (Å²) < 4.78 is 2.05. The normalized spacial score (nSPS) is 18.8. The Labute approximate surface area is 79.1 Å². The lowest BCUT2D eigenvalue weighted by molar-refractivity contribution is 0.411. The number of aromatic nitrogens is 2. The molecule has 72 valence electrons. The molecule has 1 aliphatic carbocycles. The van der Waals surface area contributed by atoms with Gasteiger partial charge in [-0.05, 0) is 25.3 Å². The molecule has 0 spiro atoms. The first-order valence-electron chi connectivity index (χ1n) is 5.12. The first kappa shape index (κ1) is 8.75. The van der Waals surface area contributed by atoms with Crippen molar-refractivity contribution >= 4 is 0 Å². The quantitative estimate of drug-likeness (QED) is 0.744. The molecular formula is C10H17N3. The first-order chi connectivity index (χ1) is 6.40. The van der Waals surface area contributed by atoms with E-state index in [0.717, 1.165) is 19.0 Å². The fourth-order valence-corrected chi connectivity index (χ4v) is 1.51. The maximum Gasteiger partial charge on any atom is 0.0641 e. The van der Waals surface area contributed by atoms with Crippen molar-refractivity contribution in [2.75, 3.05) is 6.54 Å². The third-order valence-electron chi connectivity index (χ3n) is 2.59. The highest BCUT2D eigenvalue weighted by molar-refractivity contribution is 4.85. The highest BCUT2D eigenvalue weighted by Gasteiger charge is 2.21. The number of hydrogen-bond acceptors (Lipinski definition) is 2. The van der Waals surface area contributed by atoms with Gasteiger partial charge in [-0.1, -0.05) is 6.92 Å². The first-order valence-corrected chi connectivity index (χ1v) is 5.12. The zero-order valence-corrected chi connectivity index (χ0v) is 8.11. The molecule has 0 radical (unpaired) electrons. The van der Waals surface area contributed by atoms with E-state index in [1.54, 1.807) is 0 Å². The van der Waals surface area contributed by atoms with E-state index in [1.165, 1.54) is 12.8 Å². The molecule has 1 aromatic rings. The lowest BCUT2D eigenvalue weighted by Crippen LogP contribution is -2.26. The monoisotopic (exact) mass is 179 g/mol. The van der Waals surface area contributed by atoms with Crippen molar-refractivity contribution in [2.24, 2.45) is 0 Å². The second-order valence-corrected chi connectivity index (χ2v) is 3.73. The molecule has 0 aromatic carbocycles. The maximum absolute atomic E-state index is 4.26. The van der Waals surface area contributed by atoms with Crippen LogP contribution in [-0.2, 0) is 0 Å². The van der Waals surface area contributed by atoms with Crippen LogP contribution in [0.5, 0.6) is 0 Å². The van der Waals surface area contributed by atoms with E-state index < -0.39 is 0 Å². The Morgan fingerprint density at radius 2 is 2.46 bits per heavy atom. The van der Waals surface area contributed by atoms with Gasteiger partial charge in [0.25, 0.3) is 0 Å². The van der Waals surface area contributed by atoms with Crippen molar-refractivity contribution in [1.82, 2.24) is 15.1 Å². The maximum atomic E-state index is 4.26. The fraction of sp³-hybridized carbons (Fsp3) is 0.700. The van der Waals surface area contributed by atoms with Gasteiger partial charge in [-0.15, -0.1) is 0 Å². The lowest BCUT2D eigenvalue weighted by atomic mass is 10.2. The molecule has 1 unspecified atom stereocenters. The summed E-state index contributed by atoms with van der Waals surface area (Å²) >= 11 is 0. The predicted octanol–water partition coefficient (Wildman–Crippen LogP) is 1.59. The molecule has 1 atom stereocenters. The van der Waals surface area contributed by atoms with E-state index >= 15 is 0 Å². The summed E-state index contributed by atoms with van der Waals surface area (Å²) in [4.78, 5) is 0. The summed E-state index contributed by atoms with van der Waals surface area (Å²) in [5.74, 6) is 0. The molecule has 1 aliphatic rings. The van der Waals surface area contributed by atoms with Gasteiger partial charge < -0.3 is 5.32 Å². The molecular weight excluding hydrogens is 162 g/mol. The topological polar surface area (TPSA) is 29.9 Å². The van der Waals surface area contributed by atoms with E-state index in [0.29, 0.717) is 6.04 Å². The highest BCUT2D eigenvalue weighted by atomic mass is 15.3. The standard InChI is InChI=1S/C10H17N3/c1-2-10(8-11-9-4-5-9)13-7-3-6-12-13/h3,6-7,9-11H,2,4-5,8H2,1H3. The van der Waals surface area contributed by atoms with Gasteiger partial charge in [0.2, 0.25) is 0 Å². The van der Waals surface area contributed by atoms with Crippen LogP contribution in [0.2, 0.25) is 0 Å². The van der Waals surface area contributed by atoms with E-state index in [-0.39, 0.29) is 0 Å². The van der Waals surface area contributed by atoms with Gasteiger partial charge in [-0.2, -0.15) is 5.10 Å². The van der Waals surface area contributed by atoms with Crippen LogP contribution < -0.4 is 5.32 Å². The Bertz CT molecular complexity index is 239. The van der Waals surface area contributed by atoms with Gasteiger partial charge in [-0.3, -0.25) is 4.68 Å². The van der Waals surface area contributed by atoms with Gasteiger partial charge in [0.05, 0.1) is 6.04 Å². The Morgan fingerprint density at radius 1 is 1.62 bits per heavy atom. The molecule has 1 N–H and O–H groups in total. The number of hydrogen-bond donors (Lipinski definition) is 1. The summed E-state index contributed by atoms with van der Waals surface area (Å²) in [5, 5.41) is 7.80. The van der Waals surface area contributed by atoms with Crippen LogP contribution >= 0.6 is 0 Å². The molecule has 3 nitrogen and oxygen atoms in total. The van der Waals surface area contributed by atoms with E-state index in [9.17, 15) is 0 Å². The van der Waals surface area contributed by atoms with Crippen molar-refractivity contribution in [3.63, 3.8) is 0 Å². The van der Waals surface area contributed by atoms with E-state index in [1.807, 2.05) is 18.5 Å². The Morgan fingerprint density at radius 3 is 3.00 bits per heavy atom. The summed E-state index contributed by atoms with van der Waals surface area (Å²) in [7, 11) is 0. The van der Waals surface area contributed by atoms with Crippen LogP contribution in [0.15, 0.2) is 18.5 Å². The minimum atomic E-state index is 0.524. The second kappa shape index (κ2) is 3.92. The summed E-state index contributed by atoms with van der Waals surface area (Å²) in [5.41, 5.74) is 0. The van der Waals surface area contributed by atoms with Crippen molar-refractivity contribution in [3.8, 4) is 0 Å². The van der Waals surface area contributed by atoms with Gasteiger partial charge in [0.15, 0.2) is 0 Å². The van der Waals surface area contributed by atoms with E-state index in [4.69, 9.17) is 0 Å². The van der Waals surface area contributed by atoms with Crippen LogP contribution in [0.3, 0.4) is 0 Å². The molecule has 1 saturated carbocycles. The molecule has 13 heavy (non-hydrogen) atoms. The minimum absolute atomic E-state index is 0.524. The third kappa shape index (κ3) is 2.31. The summed E-state index contributed by atoms with van der Waals surface area (Å²) in [6.45, 7) is 3.27. The fourth-order valence-electron chi connectivity index (χ4n) is 1.51. The van der Waals surface area contributed by atoms with Crippen molar-refractivity contribution in [2.45, 2.75) is 38.3 Å². The van der Waals surface area contributed by atoms with Gasteiger partial charge in [0, 0.05) is 25.0 Å². The molecule has 0 saturated heterocycles. The number of nitrogens with zero attached hydrogens (tertiary/aromatic N) is 2. The average molecular weight is 179 g/mol. The predicted molar refractivity (Wildman–Crippen MR) is 52.6 cm³/mol. The minimum Gasteiger partial charge on any atom is -0.312 e. The summed E-state index contributed by atoms with van der Waals surface area (Å²) in [6.07, 6.45) is 7.75. The molecule has 0 bridgehead atoms.